The van der Waals surface area contributed by atoms with E-state index < -0.39 is 0 Å². The van der Waals surface area contributed by atoms with E-state index >= 15 is 0 Å². The van der Waals surface area contributed by atoms with Crippen LogP contribution < -0.4 is 11.5 Å². The van der Waals surface area contributed by atoms with Crippen molar-refractivity contribution in [3.63, 3.8) is 0 Å². The molecule has 2 aromatic heterocycles. The van der Waals surface area contributed by atoms with Crippen molar-refractivity contribution < 1.29 is 0 Å². The summed E-state index contributed by atoms with van der Waals surface area (Å²) in [6.07, 6.45) is 2.98. The van der Waals surface area contributed by atoms with Crippen molar-refractivity contribution >= 4 is 27.8 Å². The van der Waals surface area contributed by atoms with E-state index in [1.807, 2.05) is 18.2 Å². The highest BCUT2D eigenvalue weighted by molar-refractivity contribution is 6.06. The number of hydrogen-bond acceptors (Lipinski definition) is 4. The molecule has 1 aromatic carbocycles. The predicted molar refractivity (Wildman–Crippen MR) is 96.3 cm³/mol. The van der Waals surface area contributed by atoms with Crippen LogP contribution in [0, 0.1) is 5.92 Å². The number of benzene rings is 1. The third-order valence-corrected chi connectivity index (χ3v) is 4.09. The van der Waals surface area contributed by atoms with Gasteiger partial charge in [-0.25, -0.2) is 9.97 Å². The fraction of sp³-hybridized carbons (Fsp3) is 0.444. The SMILES string of the molecule is CC(C)Cn1c(CCCCN)nc2c(N)nc3ccccc3c21. The van der Waals surface area contributed by atoms with Crippen molar-refractivity contribution in [2.24, 2.45) is 11.7 Å². The monoisotopic (exact) mass is 311 g/mol. The number of anilines is 1. The predicted octanol–water partition coefficient (Wildman–Crippen LogP) is 3.10. The second-order valence-corrected chi connectivity index (χ2v) is 6.49. The fourth-order valence-electron chi connectivity index (χ4n) is 3.09. The zero-order chi connectivity index (χ0) is 16.4. The van der Waals surface area contributed by atoms with Gasteiger partial charge in [0.2, 0.25) is 0 Å². The summed E-state index contributed by atoms with van der Waals surface area (Å²) in [4.78, 5) is 9.34. The topological polar surface area (TPSA) is 82.8 Å². The molecule has 0 saturated carbocycles. The molecule has 0 atom stereocenters. The van der Waals surface area contributed by atoms with Gasteiger partial charge < -0.3 is 16.0 Å². The minimum absolute atomic E-state index is 0.515. The molecule has 2 heterocycles. The fourth-order valence-corrected chi connectivity index (χ4v) is 3.09. The molecule has 5 nitrogen and oxygen atoms in total. The maximum Gasteiger partial charge on any atom is 0.152 e. The molecule has 122 valence electrons. The van der Waals surface area contributed by atoms with Crippen LogP contribution in [0.4, 0.5) is 5.82 Å². The number of unbranched alkanes of at least 4 members (excludes halogenated alkanes) is 1. The maximum atomic E-state index is 6.18. The molecule has 0 amide bonds. The number of para-hydroxylation sites is 1. The van der Waals surface area contributed by atoms with Gasteiger partial charge in [-0.1, -0.05) is 32.0 Å². The first-order valence-electron chi connectivity index (χ1n) is 8.35. The molecule has 0 aliphatic rings. The summed E-state index contributed by atoms with van der Waals surface area (Å²) in [7, 11) is 0. The Labute approximate surface area is 136 Å². The zero-order valence-electron chi connectivity index (χ0n) is 13.9. The van der Waals surface area contributed by atoms with Gasteiger partial charge in [0, 0.05) is 18.4 Å². The van der Waals surface area contributed by atoms with Gasteiger partial charge in [0.25, 0.3) is 0 Å². The lowest BCUT2D eigenvalue weighted by Gasteiger charge is -2.13. The summed E-state index contributed by atoms with van der Waals surface area (Å²) in [5.41, 5.74) is 14.7. The van der Waals surface area contributed by atoms with Gasteiger partial charge in [-0.15, -0.1) is 0 Å². The molecule has 0 unspecified atom stereocenters. The third kappa shape index (κ3) is 3.01. The van der Waals surface area contributed by atoms with Crippen molar-refractivity contribution in [2.45, 2.75) is 39.7 Å². The van der Waals surface area contributed by atoms with E-state index in [-0.39, 0.29) is 0 Å². The Kier molecular flexibility index (Phi) is 4.48. The van der Waals surface area contributed by atoms with Crippen LogP contribution in [0.2, 0.25) is 0 Å². The van der Waals surface area contributed by atoms with Crippen LogP contribution in [0.25, 0.3) is 21.9 Å². The molecule has 0 bridgehead atoms. The Morgan fingerprint density at radius 3 is 2.65 bits per heavy atom. The van der Waals surface area contributed by atoms with Crippen molar-refractivity contribution in [3.8, 4) is 0 Å². The van der Waals surface area contributed by atoms with Crippen molar-refractivity contribution in [2.75, 3.05) is 12.3 Å². The average Bonchev–Trinajstić information content (AvgIpc) is 2.87. The molecule has 0 aliphatic heterocycles. The largest absolute Gasteiger partial charge is 0.382 e. The number of nitrogen functional groups attached to an aromatic ring is 1. The van der Waals surface area contributed by atoms with Gasteiger partial charge in [0.15, 0.2) is 5.82 Å². The van der Waals surface area contributed by atoms with Crippen LogP contribution in [-0.2, 0) is 13.0 Å². The second kappa shape index (κ2) is 6.54. The van der Waals surface area contributed by atoms with Gasteiger partial charge in [0.05, 0.1) is 11.0 Å². The maximum absolute atomic E-state index is 6.18. The molecule has 0 aliphatic carbocycles. The second-order valence-electron chi connectivity index (χ2n) is 6.49. The van der Waals surface area contributed by atoms with Crippen LogP contribution in [0.5, 0.6) is 0 Å². The quantitative estimate of drug-likeness (QED) is 0.685. The minimum atomic E-state index is 0.515. The molecule has 0 fully saturated rings. The Morgan fingerprint density at radius 1 is 1.13 bits per heavy atom. The van der Waals surface area contributed by atoms with Crippen molar-refractivity contribution in [1.29, 1.82) is 0 Å². The standard InChI is InChI=1S/C18H25N5/c1-12(2)11-23-15(9-5-6-10-19)22-16-17(23)13-7-3-4-8-14(13)21-18(16)20/h3-4,7-8,12H,5-6,9-11,19H2,1-2H3,(H2,20,21). The first-order chi connectivity index (χ1) is 11.1. The number of aromatic nitrogens is 3. The lowest BCUT2D eigenvalue weighted by atomic mass is 10.1. The van der Waals surface area contributed by atoms with E-state index in [0.29, 0.717) is 11.7 Å². The normalized spacial score (nSPS) is 11.8. The molecular formula is C18H25N5. The van der Waals surface area contributed by atoms with Crippen molar-refractivity contribution in [3.05, 3.63) is 30.1 Å². The summed E-state index contributed by atoms with van der Waals surface area (Å²) in [6.45, 7) is 6.10. The number of imidazole rings is 1. The van der Waals surface area contributed by atoms with Crippen LogP contribution in [0.3, 0.4) is 0 Å². The highest BCUT2D eigenvalue weighted by Gasteiger charge is 2.17. The number of nitrogens with two attached hydrogens (primary N) is 2. The molecule has 3 aromatic rings. The lowest BCUT2D eigenvalue weighted by molar-refractivity contribution is 0.513. The molecule has 3 rings (SSSR count). The molecule has 0 saturated heterocycles. The van der Waals surface area contributed by atoms with Gasteiger partial charge in [-0.2, -0.15) is 0 Å². The molecule has 4 N–H and O–H groups in total. The van der Waals surface area contributed by atoms with Crippen molar-refractivity contribution in [1.82, 2.24) is 14.5 Å². The van der Waals surface area contributed by atoms with E-state index in [4.69, 9.17) is 16.5 Å². The Hall–Kier alpha value is -2.14. The number of nitrogens with zero attached hydrogens (tertiary/aromatic N) is 3. The molecule has 5 heteroatoms. The van der Waals surface area contributed by atoms with Gasteiger partial charge in [-0.3, -0.25) is 0 Å². The van der Waals surface area contributed by atoms with Gasteiger partial charge >= 0.3 is 0 Å². The smallest absolute Gasteiger partial charge is 0.152 e. The van der Waals surface area contributed by atoms with E-state index in [9.17, 15) is 0 Å². The number of pyridine rings is 1. The summed E-state index contributed by atoms with van der Waals surface area (Å²) in [5.74, 6) is 2.14. The van der Waals surface area contributed by atoms with Gasteiger partial charge in [0.1, 0.15) is 11.3 Å². The Balaban J connectivity index is 2.23. The van der Waals surface area contributed by atoms with Crippen LogP contribution in [-0.4, -0.2) is 21.1 Å². The Bertz CT molecular complexity index is 819. The summed E-state index contributed by atoms with van der Waals surface area (Å²) < 4.78 is 2.33. The van der Waals surface area contributed by atoms with E-state index in [2.05, 4.69) is 29.5 Å². The Morgan fingerprint density at radius 2 is 1.91 bits per heavy atom. The summed E-state index contributed by atoms with van der Waals surface area (Å²) >= 11 is 0. The van der Waals surface area contributed by atoms with Crippen LogP contribution >= 0.6 is 0 Å². The molecular weight excluding hydrogens is 286 g/mol. The lowest BCUT2D eigenvalue weighted by Crippen LogP contribution is -2.10. The highest BCUT2D eigenvalue weighted by atomic mass is 15.1. The zero-order valence-corrected chi connectivity index (χ0v) is 13.9. The molecule has 23 heavy (non-hydrogen) atoms. The average molecular weight is 311 g/mol. The van der Waals surface area contributed by atoms with Crippen LogP contribution in [0.15, 0.2) is 24.3 Å². The molecule has 0 spiro atoms. The molecule has 0 radical (unpaired) electrons. The highest BCUT2D eigenvalue weighted by Crippen LogP contribution is 2.29. The first kappa shape index (κ1) is 15.7. The number of aryl methyl sites for hydroxylation is 1. The van der Waals surface area contributed by atoms with E-state index in [1.54, 1.807) is 0 Å². The van der Waals surface area contributed by atoms with E-state index in [1.165, 1.54) is 0 Å². The minimum Gasteiger partial charge on any atom is -0.382 e. The number of rotatable bonds is 6. The summed E-state index contributed by atoms with van der Waals surface area (Å²) in [6, 6.07) is 8.14. The summed E-state index contributed by atoms with van der Waals surface area (Å²) in [5, 5.41) is 1.12. The first-order valence-corrected chi connectivity index (χ1v) is 8.35. The number of hydrogen-bond donors (Lipinski definition) is 2. The van der Waals surface area contributed by atoms with E-state index in [0.717, 1.165) is 60.1 Å². The third-order valence-electron chi connectivity index (χ3n) is 4.09. The number of fused-ring (bicyclic) bond motifs is 3. The van der Waals surface area contributed by atoms with Crippen LogP contribution in [0.1, 0.15) is 32.5 Å². The van der Waals surface area contributed by atoms with Gasteiger partial charge in [-0.05, 0) is 31.4 Å².